The molecule has 1 N–H and O–H groups in total. The van der Waals surface area contributed by atoms with Crippen LogP contribution in [0.3, 0.4) is 0 Å². The Balaban J connectivity index is 0.00000144. The van der Waals surface area contributed by atoms with Crippen molar-refractivity contribution < 1.29 is 14.8 Å². The molecule has 1 heterocycles. The second-order valence-corrected chi connectivity index (χ2v) is 2.10. The first kappa shape index (κ1) is 11.4. The number of carboxylic acids is 1. The minimum absolute atomic E-state index is 0. The molecule has 8 heteroatoms. The van der Waals surface area contributed by atoms with E-state index in [1.165, 1.54) is 7.05 Å². The van der Waals surface area contributed by atoms with Crippen LogP contribution in [0.5, 0.6) is 0 Å². The zero-order chi connectivity index (χ0) is 9.30. The number of carbonyl (C=O) groups is 1. The highest BCUT2D eigenvalue weighted by molar-refractivity contribution is 5.91. The lowest BCUT2D eigenvalue weighted by atomic mass is 10.3. The van der Waals surface area contributed by atoms with Gasteiger partial charge in [0.05, 0.1) is 18.3 Å². The molecule has 0 aromatic carbocycles. The lowest BCUT2D eigenvalue weighted by Crippen LogP contribution is -1.99. The number of aryl methyl sites for hydroxylation is 1. The summed E-state index contributed by atoms with van der Waals surface area (Å²) < 4.78 is 1.08. The molecule has 7 nitrogen and oxygen atoms in total. The lowest BCUT2D eigenvalue weighted by Gasteiger charge is -1.87. The van der Waals surface area contributed by atoms with E-state index in [4.69, 9.17) is 5.11 Å². The van der Waals surface area contributed by atoms with E-state index < -0.39 is 22.3 Å². The fraction of sp³-hybridized carbons (Fsp3) is 0.200. The van der Waals surface area contributed by atoms with Crippen LogP contribution in [0.15, 0.2) is 6.20 Å². The molecule has 0 aliphatic heterocycles. The van der Waals surface area contributed by atoms with E-state index in [-0.39, 0.29) is 12.4 Å². The number of rotatable bonds is 2. The summed E-state index contributed by atoms with van der Waals surface area (Å²) >= 11 is 0. The van der Waals surface area contributed by atoms with Gasteiger partial charge in [0.2, 0.25) is 0 Å². The molecule has 1 rings (SSSR count). The second kappa shape index (κ2) is 3.85. The summed E-state index contributed by atoms with van der Waals surface area (Å²) in [6.45, 7) is 0. The van der Waals surface area contributed by atoms with E-state index in [9.17, 15) is 14.9 Å². The van der Waals surface area contributed by atoms with Gasteiger partial charge in [-0.25, -0.2) is 4.79 Å². The number of hydrogen-bond donors (Lipinski definition) is 1. The SMILES string of the molecule is Cl.Cn1cc(C(=O)O)c([N+](=O)[O-])n1. The molecule has 0 fully saturated rings. The van der Waals surface area contributed by atoms with Crippen molar-refractivity contribution in [1.29, 1.82) is 0 Å². The predicted molar refractivity (Wildman–Crippen MR) is 44.1 cm³/mol. The van der Waals surface area contributed by atoms with Crippen LogP contribution in [0.2, 0.25) is 0 Å². The molecule has 1 aromatic rings. The minimum Gasteiger partial charge on any atom is -0.477 e. The first-order valence-corrected chi connectivity index (χ1v) is 2.93. The molecule has 0 amide bonds. The van der Waals surface area contributed by atoms with Gasteiger partial charge in [0, 0.05) is 0 Å². The van der Waals surface area contributed by atoms with Gasteiger partial charge >= 0.3 is 11.8 Å². The first-order valence-electron chi connectivity index (χ1n) is 2.93. The van der Waals surface area contributed by atoms with Crippen molar-refractivity contribution >= 4 is 24.2 Å². The first-order chi connectivity index (χ1) is 5.52. The van der Waals surface area contributed by atoms with Gasteiger partial charge in [-0.05, 0) is 4.92 Å². The van der Waals surface area contributed by atoms with Crippen molar-refractivity contribution in [2.24, 2.45) is 7.05 Å². The van der Waals surface area contributed by atoms with E-state index in [0.717, 1.165) is 10.9 Å². The summed E-state index contributed by atoms with van der Waals surface area (Å²) in [7, 11) is 1.42. The Kier molecular flexibility index (Phi) is 3.37. The van der Waals surface area contributed by atoms with Crippen molar-refractivity contribution in [3.63, 3.8) is 0 Å². The van der Waals surface area contributed by atoms with Gasteiger partial charge in [0.1, 0.15) is 0 Å². The Morgan fingerprint density at radius 1 is 1.77 bits per heavy atom. The number of aromatic nitrogens is 2. The maximum Gasteiger partial charge on any atom is 0.404 e. The molecule has 0 spiro atoms. The molecule has 0 atom stereocenters. The molecule has 0 unspecified atom stereocenters. The molecule has 1 aromatic heterocycles. The zero-order valence-corrected chi connectivity index (χ0v) is 7.32. The molecule has 0 radical (unpaired) electrons. The average molecular weight is 208 g/mol. The van der Waals surface area contributed by atoms with Crippen LogP contribution in [0, 0.1) is 10.1 Å². The van der Waals surface area contributed by atoms with Gasteiger partial charge in [-0.15, -0.1) is 12.4 Å². The Bertz CT molecular complexity index is 316. The van der Waals surface area contributed by atoms with Crippen LogP contribution in [0.4, 0.5) is 5.82 Å². The standard InChI is InChI=1S/C5H5N3O4.ClH/c1-7-2-3(5(9)10)4(6-7)8(11)12;/h2H,1H3,(H,9,10);1H. The fourth-order valence-electron chi connectivity index (χ4n) is 0.762. The normalized spacial score (nSPS) is 9.00. The van der Waals surface area contributed by atoms with Crippen molar-refractivity contribution in [1.82, 2.24) is 9.78 Å². The van der Waals surface area contributed by atoms with Crippen LogP contribution >= 0.6 is 12.4 Å². The van der Waals surface area contributed by atoms with Crippen molar-refractivity contribution in [2.75, 3.05) is 0 Å². The summed E-state index contributed by atoms with van der Waals surface area (Å²) in [6, 6.07) is 0. The predicted octanol–water partition coefficient (Wildman–Crippen LogP) is 0.448. The topological polar surface area (TPSA) is 98.3 Å². The molecule has 13 heavy (non-hydrogen) atoms. The summed E-state index contributed by atoms with van der Waals surface area (Å²) in [4.78, 5) is 19.8. The Hall–Kier alpha value is -1.63. The Morgan fingerprint density at radius 2 is 2.31 bits per heavy atom. The summed E-state index contributed by atoms with van der Waals surface area (Å²) in [5, 5.41) is 22.0. The van der Waals surface area contributed by atoms with Gasteiger partial charge < -0.3 is 15.2 Å². The lowest BCUT2D eigenvalue weighted by molar-refractivity contribution is -0.390. The zero-order valence-electron chi connectivity index (χ0n) is 6.50. The van der Waals surface area contributed by atoms with Crippen molar-refractivity contribution in [3.05, 3.63) is 21.9 Å². The summed E-state index contributed by atoms with van der Waals surface area (Å²) in [6.07, 6.45) is 1.08. The van der Waals surface area contributed by atoms with Gasteiger partial charge in [0.25, 0.3) is 0 Å². The highest BCUT2D eigenvalue weighted by Crippen LogP contribution is 2.14. The van der Waals surface area contributed by atoms with Crippen LogP contribution in [0.25, 0.3) is 0 Å². The molecule has 72 valence electrons. The summed E-state index contributed by atoms with van der Waals surface area (Å²) in [5.74, 6) is -1.99. The third kappa shape index (κ3) is 2.15. The molecule has 0 aliphatic rings. The number of aromatic carboxylic acids is 1. The molecular formula is C5H6ClN3O4. The Labute approximate surface area is 78.5 Å². The number of nitrogens with zero attached hydrogens (tertiary/aromatic N) is 3. The van der Waals surface area contributed by atoms with Gasteiger partial charge in [0.15, 0.2) is 5.56 Å². The molecule has 0 aliphatic carbocycles. The monoisotopic (exact) mass is 207 g/mol. The fourth-order valence-corrected chi connectivity index (χ4v) is 0.762. The largest absolute Gasteiger partial charge is 0.477 e. The van der Waals surface area contributed by atoms with E-state index in [1.54, 1.807) is 0 Å². The van der Waals surface area contributed by atoms with Gasteiger partial charge in [-0.1, -0.05) is 0 Å². The van der Waals surface area contributed by atoms with Crippen LogP contribution < -0.4 is 0 Å². The number of hydrogen-bond acceptors (Lipinski definition) is 4. The molecular weight excluding hydrogens is 202 g/mol. The number of halogens is 1. The number of carboxylic acid groups (broad SMARTS) is 1. The molecule has 0 bridgehead atoms. The summed E-state index contributed by atoms with van der Waals surface area (Å²) in [5.41, 5.74) is -0.400. The van der Waals surface area contributed by atoms with Crippen LogP contribution in [-0.2, 0) is 7.05 Å². The Morgan fingerprint density at radius 3 is 2.62 bits per heavy atom. The van der Waals surface area contributed by atoms with Gasteiger partial charge in [-0.3, -0.25) is 0 Å². The quantitative estimate of drug-likeness (QED) is 0.561. The average Bonchev–Trinajstić information content (AvgIpc) is 2.31. The highest BCUT2D eigenvalue weighted by atomic mass is 35.5. The smallest absolute Gasteiger partial charge is 0.404 e. The minimum atomic E-state index is -1.35. The third-order valence-corrected chi connectivity index (χ3v) is 1.21. The van der Waals surface area contributed by atoms with E-state index >= 15 is 0 Å². The molecule has 0 saturated carbocycles. The maximum atomic E-state index is 10.4. The van der Waals surface area contributed by atoms with E-state index in [0.29, 0.717) is 0 Å². The van der Waals surface area contributed by atoms with Gasteiger partial charge in [-0.2, -0.15) is 4.68 Å². The van der Waals surface area contributed by atoms with Crippen LogP contribution in [-0.4, -0.2) is 25.8 Å². The van der Waals surface area contributed by atoms with E-state index in [1.807, 2.05) is 0 Å². The molecule has 0 saturated heterocycles. The maximum absolute atomic E-state index is 10.4. The third-order valence-electron chi connectivity index (χ3n) is 1.21. The number of nitro groups is 1. The second-order valence-electron chi connectivity index (χ2n) is 2.10. The van der Waals surface area contributed by atoms with Crippen LogP contribution in [0.1, 0.15) is 10.4 Å². The van der Waals surface area contributed by atoms with Crippen molar-refractivity contribution in [3.8, 4) is 0 Å². The van der Waals surface area contributed by atoms with Crippen molar-refractivity contribution in [2.45, 2.75) is 0 Å². The van der Waals surface area contributed by atoms with E-state index in [2.05, 4.69) is 5.10 Å². The highest BCUT2D eigenvalue weighted by Gasteiger charge is 2.24.